The molecule has 0 aromatic heterocycles. The number of hydrogen-bond donors (Lipinski definition) is 3. The topological polar surface area (TPSA) is 128 Å². The molecule has 8 nitrogen and oxygen atoms in total. The number of azide groups is 1. The highest BCUT2D eigenvalue weighted by Crippen LogP contribution is 2.37. The van der Waals surface area contributed by atoms with Gasteiger partial charge in [0.25, 0.3) is 0 Å². The number of nitrogens with zero attached hydrogens (tertiary/aromatic N) is 3. The summed E-state index contributed by atoms with van der Waals surface area (Å²) in [5.41, 5.74) is 6.98. The smallest absolute Gasteiger partial charge is 0.169 e. The third kappa shape index (κ3) is 1.39. The van der Waals surface area contributed by atoms with Crippen molar-refractivity contribution >= 4 is 0 Å². The SMILES string of the molecule is [N-]=[N+]=N[C@H]1[C@H]2OCC(CO)(O2)C(O)[C@@H]1O. The monoisotopic (exact) mass is 217 g/mol. The van der Waals surface area contributed by atoms with Gasteiger partial charge < -0.3 is 24.8 Å². The van der Waals surface area contributed by atoms with Gasteiger partial charge in [-0.05, 0) is 5.53 Å². The van der Waals surface area contributed by atoms with Crippen molar-refractivity contribution in [2.45, 2.75) is 30.1 Å². The molecule has 0 amide bonds. The predicted molar refractivity (Wildman–Crippen MR) is 45.6 cm³/mol. The van der Waals surface area contributed by atoms with Gasteiger partial charge in [-0.15, -0.1) is 0 Å². The first-order valence-corrected chi connectivity index (χ1v) is 4.45. The first-order chi connectivity index (χ1) is 7.14. The Bertz CT molecular complexity index is 307. The normalized spacial score (nSPS) is 48.7. The number of fused-ring (bicyclic) bond motifs is 2. The third-order valence-corrected chi connectivity index (χ3v) is 2.79. The first kappa shape index (κ1) is 10.6. The summed E-state index contributed by atoms with van der Waals surface area (Å²) in [6.07, 6.45) is -3.54. The fraction of sp³-hybridized carbons (Fsp3) is 1.00. The predicted octanol–water partition coefficient (Wildman–Crippen LogP) is -1.50. The fourth-order valence-electron chi connectivity index (χ4n) is 1.86. The molecule has 0 aliphatic carbocycles. The van der Waals surface area contributed by atoms with Crippen molar-refractivity contribution in [2.75, 3.05) is 13.2 Å². The molecule has 2 unspecified atom stereocenters. The molecular weight excluding hydrogens is 206 g/mol. The van der Waals surface area contributed by atoms with E-state index in [9.17, 15) is 10.2 Å². The summed E-state index contributed by atoms with van der Waals surface area (Å²) in [5, 5.41) is 31.8. The van der Waals surface area contributed by atoms with E-state index < -0.39 is 36.7 Å². The Hall–Kier alpha value is -0.890. The van der Waals surface area contributed by atoms with Gasteiger partial charge in [0.05, 0.1) is 19.3 Å². The van der Waals surface area contributed by atoms with E-state index >= 15 is 0 Å². The van der Waals surface area contributed by atoms with Gasteiger partial charge in [-0.3, -0.25) is 0 Å². The van der Waals surface area contributed by atoms with E-state index in [-0.39, 0.29) is 6.61 Å². The molecule has 3 N–H and O–H groups in total. The first-order valence-electron chi connectivity index (χ1n) is 4.45. The van der Waals surface area contributed by atoms with Crippen LogP contribution in [0.1, 0.15) is 0 Å². The third-order valence-electron chi connectivity index (χ3n) is 2.79. The van der Waals surface area contributed by atoms with E-state index in [1.807, 2.05) is 0 Å². The van der Waals surface area contributed by atoms with Crippen LogP contribution in [0.2, 0.25) is 0 Å². The van der Waals surface area contributed by atoms with Crippen LogP contribution in [-0.4, -0.2) is 58.7 Å². The van der Waals surface area contributed by atoms with E-state index in [0.717, 1.165) is 0 Å². The average Bonchev–Trinajstić information content (AvgIpc) is 2.65. The lowest BCUT2D eigenvalue weighted by Gasteiger charge is -2.40. The maximum absolute atomic E-state index is 9.71. The molecule has 0 spiro atoms. The Morgan fingerprint density at radius 2 is 2.27 bits per heavy atom. The lowest BCUT2D eigenvalue weighted by atomic mass is 9.89. The molecule has 2 aliphatic heterocycles. The molecule has 2 heterocycles. The molecule has 5 atom stereocenters. The van der Waals surface area contributed by atoms with Crippen LogP contribution in [0, 0.1) is 0 Å². The van der Waals surface area contributed by atoms with Crippen LogP contribution in [0.5, 0.6) is 0 Å². The van der Waals surface area contributed by atoms with Gasteiger partial charge in [0.1, 0.15) is 17.7 Å². The summed E-state index contributed by atoms with van der Waals surface area (Å²) in [6.45, 7) is -0.505. The molecule has 0 aromatic rings. The minimum Gasteiger partial charge on any atom is -0.393 e. The van der Waals surface area contributed by atoms with Crippen molar-refractivity contribution in [3.8, 4) is 0 Å². The van der Waals surface area contributed by atoms with Gasteiger partial charge >= 0.3 is 0 Å². The average molecular weight is 217 g/mol. The highest BCUT2D eigenvalue weighted by atomic mass is 16.7. The second-order valence-corrected chi connectivity index (χ2v) is 3.65. The number of aliphatic hydroxyl groups is 3. The van der Waals surface area contributed by atoms with E-state index in [0.29, 0.717) is 0 Å². The van der Waals surface area contributed by atoms with E-state index in [1.54, 1.807) is 0 Å². The second kappa shape index (κ2) is 3.60. The number of ether oxygens (including phenoxy) is 2. The van der Waals surface area contributed by atoms with Crippen molar-refractivity contribution in [1.29, 1.82) is 0 Å². The zero-order valence-corrected chi connectivity index (χ0v) is 7.72. The minimum absolute atomic E-state index is 0.0379. The summed E-state index contributed by atoms with van der Waals surface area (Å²) in [5.74, 6) is 0. The number of aliphatic hydroxyl groups excluding tert-OH is 3. The van der Waals surface area contributed by atoms with E-state index in [4.69, 9.17) is 20.1 Å². The number of hydrogen-bond acceptors (Lipinski definition) is 6. The molecule has 0 aromatic carbocycles. The standard InChI is InChI=1S/C7H11N3O5/c8-10-9-3-4(12)5(13)7(1-11)2-14-6(3)15-7/h3-6,11-13H,1-2H2/t3-,4-,5?,6+,7?/m1/s1. The molecule has 15 heavy (non-hydrogen) atoms. The van der Waals surface area contributed by atoms with Gasteiger partial charge in [0.2, 0.25) is 0 Å². The molecule has 84 valence electrons. The van der Waals surface area contributed by atoms with Crippen molar-refractivity contribution in [3.63, 3.8) is 0 Å². The van der Waals surface area contributed by atoms with Crippen LogP contribution in [0.15, 0.2) is 5.11 Å². The van der Waals surface area contributed by atoms with E-state index in [2.05, 4.69) is 10.0 Å². The molecule has 2 bridgehead atoms. The van der Waals surface area contributed by atoms with Crippen molar-refractivity contribution in [2.24, 2.45) is 5.11 Å². The molecule has 2 fully saturated rings. The summed E-state index contributed by atoms with van der Waals surface area (Å²) < 4.78 is 10.3. The van der Waals surface area contributed by atoms with E-state index in [1.165, 1.54) is 0 Å². The molecular formula is C7H11N3O5. The Labute approximate surface area is 84.7 Å². The quantitative estimate of drug-likeness (QED) is 0.295. The lowest BCUT2D eigenvalue weighted by Crippen LogP contribution is -2.61. The van der Waals surface area contributed by atoms with Crippen molar-refractivity contribution in [1.82, 2.24) is 0 Å². The maximum Gasteiger partial charge on any atom is 0.169 e. The largest absolute Gasteiger partial charge is 0.393 e. The zero-order chi connectivity index (χ0) is 11.1. The molecule has 2 saturated heterocycles. The van der Waals surface area contributed by atoms with Gasteiger partial charge in [0, 0.05) is 4.91 Å². The summed E-state index contributed by atoms with van der Waals surface area (Å²) in [7, 11) is 0. The Balaban J connectivity index is 2.28. The second-order valence-electron chi connectivity index (χ2n) is 3.65. The Morgan fingerprint density at radius 3 is 2.87 bits per heavy atom. The van der Waals surface area contributed by atoms with Crippen LogP contribution in [-0.2, 0) is 9.47 Å². The van der Waals surface area contributed by atoms with Crippen molar-refractivity contribution in [3.05, 3.63) is 10.4 Å². The van der Waals surface area contributed by atoms with Gasteiger partial charge in [-0.1, -0.05) is 5.11 Å². The molecule has 0 radical (unpaired) electrons. The summed E-state index contributed by atoms with van der Waals surface area (Å²) in [4.78, 5) is 2.54. The molecule has 8 heteroatoms. The van der Waals surface area contributed by atoms with Gasteiger partial charge in [0.15, 0.2) is 6.29 Å². The van der Waals surface area contributed by atoms with Crippen LogP contribution in [0.3, 0.4) is 0 Å². The number of rotatable bonds is 2. The van der Waals surface area contributed by atoms with Crippen LogP contribution >= 0.6 is 0 Å². The van der Waals surface area contributed by atoms with Crippen LogP contribution in [0.4, 0.5) is 0 Å². The van der Waals surface area contributed by atoms with Gasteiger partial charge in [-0.25, -0.2) is 0 Å². The van der Waals surface area contributed by atoms with Crippen molar-refractivity contribution < 1.29 is 24.8 Å². The minimum atomic E-state index is -1.34. The summed E-state index contributed by atoms with van der Waals surface area (Å²) >= 11 is 0. The zero-order valence-electron chi connectivity index (χ0n) is 7.72. The summed E-state index contributed by atoms with van der Waals surface area (Å²) in [6, 6.07) is -0.993. The van der Waals surface area contributed by atoms with Crippen LogP contribution < -0.4 is 0 Å². The van der Waals surface area contributed by atoms with Crippen LogP contribution in [0.25, 0.3) is 10.4 Å². The maximum atomic E-state index is 9.71. The Kier molecular flexibility index (Phi) is 2.55. The highest BCUT2D eigenvalue weighted by molar-refractivity contribution is 5.05. The van der Waals surface area contributed by atoms with Gasteiger partial charge in [-0.2, -0.15) is 0 Å². The molecule has 2 aliphatic rings. The fourth-order valence-corrected chi connectivity index (χ4v) is 1.86. The Morgan fingerprint density at radius 1 is 1.53 bits per heavy atom. The highest BCUT2D eigenvalue weighted by Gasteiger charge is 2.58. The molecule has 0 saturated carbocycles. The lowest BCUT2D eigenvalue weighted by molar-refractivity contribution is -0.228. The molecule has 2 rings (SSSR count).